The molecule has 0 saturated carbocycles. The molecule has 0 radical (unpaired) electrons. The van der Waals surface area contributed by atoms with Crippen molar-refractivity contribution in [3.8, 4) is 0 Å². The van der Waals surface area contributed by atoms with Crippen molar-refractivity contribution in [1.29, 1.82) is 0 Å². The number of nitrogens with one attached hydrogen (secondary N) is 1. The maximum atomic E-state index is 13.5. The summed E-state index contributed by atoms with van der Waals surface area (Å²) in [6, 6.07) is 14.1. The third kappa shape index (κ3) is 2.65. The zero-order chi connectivity index (χ0) is 14.1. The minimum atomic E-state index is -0.175. The van der Waals surface area contributed by atoms with Crippen LogP contribution in [0.15, 0.2) is 46.9 Å². The van der Waals surface area contributed by atoms with Gasteiger partial charge in [-0.2, -0.15) is 0 Å². The van der Waals surface area contributed by atoms with Crippen LogP contribution < -0.4 is 5.32 Å². The van der Waals surface area contributed by atoms with Crippen LogP contribution in [0.1, 0.15) is 22.7 Å². The molecule has 0 saturated heterocycles. The van der Waals surface area contributed by atoms with Gasteiger partial charge in [0.05, 0.1) is 0 Å². The van der Waals surface area contributed by atoms with Crippen molar-refractivity contribution >= 4 is 15.9 Å². The molecule has 0 bridgehead atoms. The van der Waals surface area contributed by atoms with Gasteiger partial charge in [0.2, 0.25) is 0 Å². The van der Waals surface area contributed by atoms with Gasteiger partial charge >= 0.3 is 0 Å². The number of rotatable bonds is 3. The molecule has 20 heavy (non-hydrogen) atoms. The van der Waals surface area contributed by atoms with E-state index in [1.54, 1.807) is 6.07 Å². The van der Waals surface area contributed by atoms with Gasteiger partial charge in [-0.3, -0.25) is 0 Å². The lowest BCUT2D eigenvalue weighted by atomic mass is 9.93. The zero-order valence-electron chi connectivity index (χ0n) is 11.4. The summed E-state index contributed by atoms with van der Waals surface area (Å²) in [6.45, 7) is 0. The van der Waals surface area contributed by atoms with E-state index in [2.05, 4.69) is 45.5 Å². The van der Waals surface area contributed by atoms with Gasteiger partial charge in [-0.25, -0.2) is 4.39 Å². The second-order valence-electron chi connectivity index (χ2n) is 5.41. The summed E-state index contributed by atoms with van der Waals surface area (Å²) < 4.78 is 14.3. The molecule has 2 aromatic rings. The molecule has 2 aromatic carbocycles. The van der Waals surface area contributed by atoms with Crippen molar-refractivity contribution in [2.75, 3.05) is 7.05 Å². The lowest BCUT2D eigenvalue weighted by molar-refractivity contribution is 0.410. The summed E-state index contributed by atoms with van der Waals surface area (Å²) in [5.74, 6) is 0.303. The van der Waals surface area contributed by atoms with Gasteiger partial charge in [0.15, 0.2) is 0 Å². The van der Waals surface area contributed by atoms with Crippen molar-refractivity contribution in [3.63, 3.8) is 0 Å². The summed E-state index contributed by atoms with van der Waals surface area (Å²) in [4.78, 5) is 0. The SMILES string of the molecule is CNC1c2ccccc2CC1Cc1cc(F)cc(Br)c1. The largest absolute Gasteiger partial charge is 0.313 e. The minimum absolute atomic E-state index is 0.175. The normalized spacial score (nSPS) is 20.9. The minimum Gasteiger partial charge on any atom is -0.313 e. The number of fused-ring (bicyclic) bond motifs is 1. The molecule has 0 heterocycles. The maximum absolute atomic E-state index is 13.5. The standard InChI is InChI=1S/C17H17BrFN/c1-20-17-13(9-12-4-2-3-5-16(12)17)6-11-7-14(18)10-15(19)8-11/h2-5,7-8,10,13,17,20H,6,9H2,1H3. The van der Waals surface area contributed by atoms with Crippen LogP contribution in [-0.2, 0) is 12.8 Å². The van der Waals surface area contributed by atoms with Crippen LogP contribution in [0.3, 0.4) is 0 Å². The fraction of sp³-hybridized carbons (Fsp3) is 0.294. The predicted molar refractivity (Wildman–Crippen MR) is 83.2 cm³/mol. The van der Waals surface area contributed by atoms with E-state index in [0.29, 0.717) is 12.0 Å². The van der Waals surface area contributed by atoms with Crippen molar-refractivity contribution in [2.45, 2.75) is 18.9 Å². The second kappa shape index (κ2) is 5.66. The molecule has 1 nitrogen and oxygen atoms in total. The monoisotopic (exact) mass is 333 g/mol. The van der Waals surface area contributed by atoms with Gasteiger partial charge < -0.3 is 5.32 Å². The van der Waals surface area contributed by atoms with Gasteiger partial charge in [-0.15, -0.1) is 0 Å². The van der Waals surface area contributed by atoms with E-state index in [0.717, 1.165) is 22.9 Å². The van der Waals surface area contributed by atoms with E-state index < -0.39 is 0 Å². The Bertz CT molecular complexity index is 606. The third-order valence-corrected chi connectivity index (χ3v) is 4.53. The topological polar surface area (TPSA) is 12.0 Å². The first-order chi connectivity index (χ1) is 9.67. The first kappa shape index (κ1) is 13.8. The molecule has 2 unspecified atom stereocenters. The highest BCUT2D eigenvalue weighted by Gasteiger charge is 2.30. The number of hydrogen-bond acceptors (Lipinski definition) is 1. The Morgan fingerprint density at radius 1 is 1.25 bits per heavy atom. The highest BCUT2D eigenvalue weighted by Crippen LogP contribution is 2.37. The van der Waals surface area contributed by atoms with E-state index in [1.165, 1.54) is 17.2 Å². The van der Waals surface area contributed by atoms with Crippen molar-refractivity contribution in [2.24, 2.45) is 5.92 Å². The van der Waals surface area contributed by atoms with E-state index in [-0.39, 0.29) is 5.82 Å². The number of hydrogen-bond donors (Lipinski definition) is 1. The zero-order valence-corrected chi connectivity index (χ0v) is 13.0. The first-order valence-corrected chi connectivity index (χ1v) is 7.66. The Balaban J connectivity index is 1.85. The van der Waals surface area contributed by atoms with Gasteiger partial charge in [0.1, 0.15) is 5.82 Å². The molecular formula is C17H17BrFN. The molecule has 3 heteroatoms. The molecule has 2 atom stereocenters. The van der Waals surface area contributed by atoms with E-state index in [9.17, 15) is 4.39 Å². The lowest BCUT2D eigenvalue weighted by Crippen LogP contribution is -2.23. The summed E-state index contributed by atoms with van der Waals surface area (Å²) in [7, 11) is 2.00. The summed E-state index contributed by atoms with van der Waals surface area (Å²) in [5, 5.41) is 3.41. The third-order valence-electron chi connectivity index (χ3n) is 4.07. The Kier molecular flexibility index (Phi) is 3.90. The molecule has 1 aliphatic carbocycles. The number of halogens is 2. The molecule has 0 aromatic heterocycles. The molecule has 0 fully saturated rings. The van der Waals surface area contributed by atoms with Gasteiger partial charge in [0, 0.05) is 10.5 Å². The first-order valence-electron chi connectivity index (χ1n) is 6.87. The van der Waals surface area contributed by atoms with Crippen molar-refractivity contribution < 1.29 is 4.39 Å². The Labute approximate surface area is 127 Å². The molecule has 3 rings (SSSR count). The van der Waals surface area contributed by atoms with E-state index in [4.69, 9.17) is 0 Å². The molecular weight excluding hydrogens is 317 g/mol. The van der Waals surface area contributed by atoms with Crippen LogP contribution in [0, 0.1) is 11.7 Å². The van der Waals surface area contributed by atoms with E-state index >= 15 is 0 Å². The van der Waals surface area contributed by atoms with Gasteiger partial charge in [0.25, 0.3) is 0 Å². The molecule has 1 aliphatic rings. The molecule has 0 spiro atoms. The predicted octanol–water partition coefficient (Wildman–Crippen LogP) is 4.26. The van der Waals surface area contributed by atoms with Crippen LogP contribution in [0.4, 0.5) is 4.39 Å². The molecule has 104 valence electrons. The molecule has 1 N–H and O–H groups in total. The molecule has 0 aliphatic heterocycles. The average Bonchev–Trinajstić information content (AvgIpc) is 2.74. The van der Waals surface area contributed by atoms with Crippen molar-refractivity contribution in [1.82, 2.24) is 5.32 Å². The average molecular weight is 334 g/mol. The second-order valence-corrected chi connectivity index (χ2v) is 6.33. The van der Waals surface area contributed by atoms with Gasteiger partial charge in [-0.05, 0) is 60.7 Å². The van der Waals surface area contributed by atoms with Crippen LogP contribution >= 0.6 is 15.9 Å². The number of benzene rings is 2. The Morgan fingerprint density at radius 3 is 2.80 bits per heavy atom. The molecule has 0 amide bonds. The van der Waals surface area contributed by atoms with Crippen LogP contribution in [0.25, 0.3) is 0 Å². The van der Waals surface area contributed by atoms with Crippen molar-refractivity contribution in [3.05, 3.63) is 69.4 Å². The summed E-state index contributed by atoms with van der Waals surface area (Å²) >= 11 is 3.37. The fourth-order valence-corrected chi connectivity index (χ4v) is 3.80. The maximum Gasteiger partial charge on any atom is 0.124 e. The highest BCUT2D eigenvalue weighted by atomic mass is 79.9. The van der Waals surface area contributed by atoms with Crippen LogP contribution in [-0.4, -0.2) is 7.05 Å². The van der Waals surface area contributed by atoms with Gasteiger partial charge in [-0.1, -0.05) is 40.2 Å². The summed E-state index contributed by atoms with van der Waals surface area (Å²) in [6.07, 6.45) is 1.94. The fourth-order valence-electron chi connectivity index (χ4n) is 3.29. The summed E-state index contributed by atoms with van der Waals surface area (Å²) in [5.41, 5.74) is 3.85. The Hall–Kier alpha value is -1.19. The quantitative estimate of drug-likeness (QED) is 0.884. The van der Waals surface area contributed by atoms with E-state index in [1.807, 2.05) is 13.1 Å². The Morgan fingerprint density at radius 2 is 2.05 bits per heavy atom. The highest BCUT2D eigenvalue weighted by molar-refractivity contribution is 9.10. The lowest BCUT2D eigenvalue weighted by Gasteiger charge is -2.20. The van der Waals surface area contributed by atoms with Crippen LogP contribution in [0.5, 0.6) is 0 Å². The van der Waals surface area contributed by atoms with Crippen LogP contribution in [0.2, 0.25) is 0 Å². The smallest absolute Gasteiger partial charge is 0.124 e.